The lowest BCUT2D eigenvalue weighted by Crippen LogP contribution is -2.39. The predicted octanol–water partition coefficient (Wildman–Crippen LogP) is 4.42. The van der Waals surface area contributed by atoms with Crippen LogP contribution in [0.15, 0.2) is 55.0 Å². The van der Waals surface area contributed by atoms with E-state index >= 15 is 0 Å². The number of hydrogen-bond acceptors (Lipinski definition) is 3. The molecule has 3 heterocycles. The van der Waals surface area contributed by atoms with E-state index in [0.29, 0.717) is 11.4 Å². The van der Waals surface area contributed by atoms with Crippen LogP contribution in [0.25, 0.3) is 11.1 Å². The molecule has 1 atom stereocenters. The maximum Gasteiger partial charge on any atom is 0.227 e. The van der Waals surface area contributed by atoms with Crippen LogP contribution < -0.4 is 0 Å². The smallest absolute Gasteiger partial charge is 0.227 e. The van der Waals surface area contributed by atoms with Crippen molar-refractivity contribution in [1.29, 1.82) is 0 Å². The second-order valence-corrected chi connectivity index (χ2v) is 7.28. The normalized spacial score (nSPS) is 17.1. The van der Waals surface area contributed by atoms with Gasteiger partial charge in [-0.25, -0.2) is 0 Å². The third kappa shape index (κ3) is 3.88. The quantitative estimate of drug-likeness (QED) is 0.728. The van der Waals surface area contributed by atoms with Crippen LogP contribution in [-0.2, 0) is 11.2 Å². The monoisotopic (exact) mass is 380 g/mol. The first-order chi connectivity index (χ1) is 13.2. The van der Waals surface area contributed by atoms with Crippen molar-refractivity contribution in [2.75, 3.05) is 6.54 Å². The maximum atomic E-state index is 13.1. The predicted molar refractivity (Wildman–Crippen MR) is 105 cm³/mol. The van der Waals surface area contributed by atoms with E-state index in [1.165, 1.54) is 0 Å². The summed E-state index contributed by atoms with van der Waals surface area (Å²) >= 11 is 6.07. The molecular weight excluding hydrogens is 360 g/mol. The molecule has 1 saturated heterocycles. The van der Waals surface area contributed by atoms with Gasteiger partial charge in [-0.15, -0.1) is 0 Å². The summed E-state index contributed by atoms with van der Waals surface area (Å²) in [5.41, 5.74) is 4.03. The van der Waals surface area contributed by atoms with Gasteiger partial charge in [-0.05, 0) is 54.7 Å². The minimum absolute atomic E-state index is 0.0103. The van der Waals surface area contributed by atoms with Crippen LogP contribution >= 0.6 is 11.6 Å². The number of amides is 1. The largest absolute Gasteiger partial charge is 0.334 e. The standard InChI is InChI=1S/C21H21ClN4O/c22-17-5-3-4-15(12-17)13-20(27)26-11-2-1-6-19(26)21-18(14-24-25-21)16-7-9-23-10-8-16/h3-5,7-10,12,14,19H,1-2,6,11,13H2,(H,24,25)/t19-/m0/s1. The van der Waals surface area contributed by atoms with Crippen molar-refractivity contribution in [2.45, 2.75) is 31.7 Å². The fraction of sp³-hybridized carbons (Fsp3) is 0.286. The second-order valence-electron chi connectivity index (χ2n) is 6.84. The van der Waals surface area contributed by atoms with E-state index in [9.17, 15) is 4.79 Å². The fourth-order valence-corrected chi connectivity index (χ4v) is 3.98. The molecule has 3 aromatic rings. The average Bonchev–Trinajstić information content (AvgIpc) is 3.18. The van der Waals surface area contributed by atoms with Crippen LogP contribution in [0.3, 0.4) is 0 Å². The summed E-state index contributed by atoms with van der Waals surface area (Å²) in [7, 11) is 0. The summed E-state index contributed by atoms with van der Waals surface area (Å²) in [5, 5.41) is 8.07. The topological polar surface area (TPSA) is 61.9 Å². The Bertz CT molecular complexity index is 925. The Morgan fingerprint density at radius 3 is 2.89 bits per heavy atom. The van der Waals surface area contributed by atoms with E-state index in [4.69, 9.17) is 11.6 Å². The van der Waals surface area contributed by atoms with Crippen LogP contribution in [-0.4, -0.2) is 32.5 Å². The summed E-state index contributed by atoms with van der Waals surface area (Å²) in [6.45, 7) is 0.763. The van der Waals surface area contributed by atoms with E-state index in [-0.39, 0.29) is 11.9 Å². The van der Waals surface area contributed by atoms with Gasteiger partial charge in [0.15, 0.2) is 0 Å². The number of piperidine rings is 1. The molecule has 1 aliphatic heterocycles. The Labute approximate surface area is 163 Å². The van der Waals surface area contributed by atoms with Gasteiger partial charge in [0.1, 0.15) is 0 Å². The van der Waals surface area contributed by atoms with Crippen LogP contribution in [0.1, 0.15) is 36.6 Å². The first kappa shape index (κ1) is 17.7. The van der Waals surface area contributed by atoms with Crippen molar-refractivity contribution in [2.24, 2.45) is 0 Å². The van der Waals surface area contributed by atoms with Crippen LogP contribution in [0.2, 0.25) is 5.02 Å². The minimum atomic E-state index is 0.0103. The molecule has 1 aromatic carbocycles. The number of halogens is 1. The van der Waals surface area contributed by atoms with Crippen molar-refractivity contribution in [3.05, 3.63) is 71.3 Å². The molecule has 27 heavy (non-hydrogen) atoms. The van der Waals surface area contributed by atoms with Crippen molar-refractivity contribution >= 4 is 17.5 Å². The highest BCUT2D eigenvalue weighted by molar-refractivity contribution is 6.30. The molecule has 5 nitrogen and oxygen atoms in total. The number of likely N-dealkylation sites (tertiary alicyclic amines) is 1. The summed E-state index contributed by atoms with van der Waals surface area (Å²) in [6, 6.07) is 11.5. The van der Waals surface area contributed by atoms with Gasteiger partial charge in [0.25, 0.3) is 0 Å². The Morgan fingerprint density at radius 1 is 1.22 bits per heavy atom. The number of carbonyl (C=O) groups is 1. The zero-order valence-corrected chi connectivity index (χ0v) is 15.7. The molecule has 1 fully saturated rings. The van der Waals surface area contributed by atoms with Crippen molar-refractivity contribution in [3.8, 4) is 11.1 Å². The Morgan fingerprint density at radius 2 is 2.07 bits per heavy atom. The molecule has 1 N–H and O–H groups in total. The zero-order valence-electron chi connectivity index (χ0n) is 14.9. The number of carbonyl (C=O) groups excluding carboxylic acids is 1. The summed E-state index contributed by atoms with van der Waals surface area (Å²) in [4.78, 5) is 19.1. The molecule has 1 aliphatic rings. The molecule has 0 unspecified atom stereocenters. The number of benzene rings is 1. The van der Waals surface area contributed by atoms with Gasteiger partial charge in [0.2, 0.25) is 5.91 Å². The maximum absolute atomic E-state index is 13.1. The Hall–Kier alpha value is -2.66. The molecular formula is C21H21ClN4O. The first-order valence-corrected chi connectivity index (χ1v) is 9.58. The Balaban J connectivity index is 1.60. The van der Waals surface area contributed by atoms with Gasteiger partial charge < -0.3 is 4.90 Å². The number of nitrogens with zero attached hydrogens (tertiary/aromatic N) is 3. The number of H-pyrrole nitrogens is 1. The van der Waals surface area contributed by atoms with E-state index in [1.54, 1.807) is 12.4 Å². The van der Waals surface area contributed by atoms with E-state index in [0.717, 1.165) is 48.2 Å². The van der Waals surface area contributed by atoms with Crippen molar-refractivity contribution in [1.82, 2.24) is 20.1 Å². The van der Waals surface area contributed by atoms with E-state index < -0.39 is 0 Å². The molecule has 2 aromatic heterocycles. The van der Waals surface area contributed by atoms with Gasteiger partial charge in [0.05, 0.1) is 24.4 Å². The van der Waals surface area contributed by atoms with Gasteiger partial charge in [-0.3, -0.25) is 14.9 Å². The molecule has 4 rings (SSSR count). The molecule has 138 valence electrons. The van der Waals surface area contributed by atoms with Crippen LogP contribution in [0, 0.1) is 0 Å². The molecule has 0 aliphatic carbocycles. The molecule has 0 bridgehead atoms. The van der Waals surface area contributed by atoms with Gasteiger partial charge in [-0.1, -0.05) is 23.7 Å². The number of aromatic amines is 1. The fourth-order valence-electron chi connectivity index (χ4n) is 3.76. The van der Waals surface area contributed by atoms with Gasteiger partial charge in [-0.2, -0.15) is 5.10 Å². The zero-order chi connectivity index (χ0) is 18.6. The highest BCUT2D eigenvalue weighted by Crippen LogP contribution is 2.35. The number of pyridine rings is 1. The summed E-state index contributed by atoms with van der Waals surface area (Å²) in [5.74, 6) is 0.122. The van der Waals surface area contributed by atoms with Gasteiger partial charge in [0, 0.05) is 29.5 Å². The highest BCUT2D eigenvalue weighted by Gasteiger charge is 2.30. The minimum Gasteiger partial charge on any atom is -0.334 e. The Kier molecular flexibility index (Phi) is 5.21. The molecule has 0 saturated carbocycles. The summed E-state index contributed by atoms with van der Waals surface area (Å²) < 4.78 is 0. The highest BCUT2D eigenvalue weighted by atomic mass is 35.5. The van der Waals surface area contributed by atoms with Crippen molar-refractivity contribution < 1.29 is 4.79 Å². The van der Waals surface area contributed by atoms with Crippen LogP contribution in [0.5, 0.6) is 0 Å². The number of aromatic nitrogens is 3. The lowest BCUT2D eigenvalue weighted by Gasteiger charge is -2.36. The van der Waals surface area contributed by atoms with E-state index in [2.05, 4.69) is 15.2 Å². The second kappa shape index (κ2) is 7.92. The summed E-state index contributed by atoms with van der Waals surface area (Å²) in [6.07, 6.45) is 8.79. The lowest BCUT2D eigenvalue weighted by atomic mass is 9.94. The third-order valence-electron chi connectivity index (χ3n) is 5.06. The number of rotatable bonds is 4. The average molecular weight is 381 g/mol. The SMILES string of the molecule is O=C(Cc1cccc(Cl)c1)N1CCCC[C@H]1c1[nH]ncc1-c1ccncc1. The molecule has 1 amide bonds. The molecule has 6 heteroatoms. The molecule has 0 spiro atoms. The van der Waals surface area contributed by atoms with E-state index in [1.807, 2.05) is 47.5 Å². The van der Waals surface area contributed by atoms with Crippen LogP contribution in [0.4, 0.5) is 0 Å². The van der Waals surface area contributed by atoms with Gasteiger partial charge >= 0.3 is 0 Å². The first-order valence-electron chi connectivity index (χ1n) is 9.20. The lowest BCUT2D eigenvalue weighted by molar-refractivity contribution is -0.134. The number of nitrogens with one attached hydrogen (secondary N) is 1. The van der Waals surface area contributed by atoms with Crippen molar-refractivity contribution in [3.63, 3.8) is 0 Å². The number of hydrogen-bond donors (Lipinski definition) is 1. The molecule has 0 radical (unpaired) electrons. The third-order valence-corrected chi connectivity index (χ3v) is 5.30.